The van der Waals surface area contributed by atoms with Gasteiger partial charge in [0.1, 0.15) is 12.2 Å². The number of ether oxygens (including phenoxy) is 2. The van der Waals surface area contributed by atoms with Crippen LogP contribution in [0.1, 0.15) is 0 Å². The number of hydrogen-bond donors (Lipinski definition) is 0. The molecular weight excluding hydrogens is 250 g/mol. The second-order valence-corrected chi connectivity index (χ2v) is 5.54. The van der Waals surface area contributed by atoms with E-state index >= 15 is 0 Å². The van der Waals surface area contributed by atoms with Crippen molar-refractivity contribution in [2.24, 2.45) is 0 Å². The van der Waals surface area contributed by atoms with Gasteiger partial charge in [-0.2, -0.15) is 0 Å². The van der Waals surface area contributed by atoms with E-state index in [0.717, 1.165) is 0 Å². The first-order chi connectivity index (χ1) is 8.13. The van der Waals surface area contributed by atoms with E-state index in [1.54, 1.807) is 6.08 Å². The van der Waals surface area contributed by atoms with Gasteiger partial charge in [-0.05, 0) is 0 Å². The summed E-state index contributed by atoms with van der Waals surface area (Å²) in [7, 11) is -1.13. The maximum Gasteiger partial charge on any atom is 0.294 e. The molecule has 96 valence electrons. The van der Waals surface area contributed by atoms with Gasteiger partial charge in [0.05, 0.1) is 18.5 Å². The third-order valence-electron chi connectivity index (χ3n) is 2.80. The molecule has 0 aromatic carbocycles. The van der Waals surface area contributed by atoms with E-state index in [9.17, 15) is 14.3 Å². The van der Waals surface area contributed by atoms with Gasteiger partial charge >= 0.3 is 0 Å². The molecule has 17 heavy (non-hydrogen) atoms. The van der Waals surface area contributed by atoms with Crippen LogP contribution in [0.4, 0.5) is 0 Å². The normalized spacial score (nSPS) is 37.4. The van der Waals surface area contributed by atoms with Crippen LogP contribution in [0.15, 0.2) is 12.7 Å². The lowest BCUT2D eigenvalue weighted by atomic mass is 10.1. The summed E-state index contributed by atoms with van der Waals surface area (Å²) in [5.41, 5.74) is 0. The third-order valence-corrected chi connectivity index (χ3v) is 4.45. The summed E-state index contributed by atoms with van der Waals surface area (Å²) in [6.07, 6.45) is -0.0377. The average molecular weight is 263 g/mol. The van der Waals surface area contributed by atoms with Crippen molar-refractivity contribution in [2.45, 2.75) is 23.6 Å². The standard InChI is InChI=1S/C9H13NO6S/c1-2-3-17(13)7-5-15-8-6(16-10(11)12)4-14-9(7)8/h2,6-9H,1,3-5H2/t6-,7+,8-,9-,17-/m1/s1. The first-order valence-electron chi connectivity index (χ1n) is 5.16. The molecule has 2 aliphatic heterocycles. The van der Waals surface area contributed by atoms with Gasteiger partial charge in [-0.25, -0.2) is 0 Å². The second-order valence-electron chi connectivity index (χ2n) is 3.84. The van der Waals surface area contributed by atoms with Crippen molar-refractivity contribution in [3.63, 3.8) is 0 Å². The Hall–Kier alpha value is -0.990. The minimum Gasteiger partial charge on any atom is -0.372 e. The highest BCUT2D eigenvalue weighted by molar-refractivity contribution is 7.85. The highest BCUT2D eigenvalue weighted by atomic mass is 32.2. The molecule has 0 spiro atoms. The van der Waals surface area contributed by atoms with Gasteiger partial charge in [0, 0.05) is 16.6 Å². The monoisotopic (exact) mass is 263 g/mol. The summed E-state index contributed by atoms with van der Waals surface area (Å²) in [5.74, 6) is 0.362. The Morgan fingerprint density at radius 2 is 2.18 bits per heavy atom. The van der Waals surface area contributed by atoms with Crippen LogP contribution in [0.3, 0.4) is 0 Å². The Balaban J connectivity index is 1.99. The number of nitrogens with zero attached hydrogens (tertiary/aromatic N) is 1. The fourth-order valence-electron chi connectivity index (χ4n) is 2.10. The molecule has 2 rings (SSSR count). The zero-order valence-electron chi connectivity index (χ0n) is 9.02. The van der Waals surface area contributed by atoms with Gasteiger partial charge in [-0.3, -0.25) is 4.21 Å². The van der Waals surface area contributed by atoms with Crippen LogP contribution >= 0.6 is 0 Å². The molecule has 0 amide bonds. The fraction of sp³-hybridized carbons (Fsp3) is 0.778. The van der Waals surface area contributed by atoms with Crippen molar-refractivity contribution in [3.05, 3.63) is 22.8 Å². The van der Waals surface area contributed by atoms with Crippen LogP contribution in [0, 0.1) is 10.1 Å². The van der Waals surface area contributed by atoms with E-state index < -0.39 is 28.1 Å². The molecule has 0 aromatic rings. The molecule has 0 aromatic heterocycles. The Kier molecular flexibility index (Phi) is 3.75. The highest BCUT2D eigenvalue weighted by Gasteiger charge is 2.51. The van der Waals surface area contributed by atoms with Crippen molar-refractivity contribution in [3.8, 4) is 0 Å². The summed E-state index contributed by atoms with van der Waals surface area (Å²) in [6.45, 7) is 3.89. The van der Waals surface area contributed by atoms with Crippen LogP contribution in [0.25, 0.3) is 0 Å². The molecule has 0 unspecified atom stereocenters. The zero-order valence-corrected chi connectivity index (χ0v) is 9.84. The maximum atomic E-state index is 11.8. The molecule has 0 saturated carbocycles. The van der Waals surface area contributed by atoms with Gasteiger partial charge in [0.25, 0.3) is 5.09 Å². The summed E-state index contributed by atoms with van der Waals surface area (Å²) >= 11 is 0. The van der Waals surface area contributed by atoms with Crippen LogP contribution in [0.2, 0.25) is 0 Å². The second kappa shape index (κ2) is 5.11. The zero-order chi connectivity index (χ0) is 12.4. The SMILES string of the molecule is C=CC[S@@](=O)[C@H]1CO[C@H]2[C@@H]1OC[C@H]2O[N+](=O)[O-]. The van der Waals surface area contributed by atoms with Crippen molar-refractivity contribution >= 4 is 10.8 Å². The molecule has 0 radical (unpaired) electrons. The lowest BCUT2D eigenvalue weighted by molar-refractivity contribution is -0.769. The Morgan fingerprint density at radius 1 is 1.47 bits per heavy atom. The average Bonchev–Trinajstić information content (AvgIpc) is 2.80. The highest BCUT2D eigenvalue weighted by Crippen LogP contribution is 2.31. The van der Waals surface area contributed by atoms with Gasteiger partial charge in [-0.1, -0.05) is 6.08 Å². The molecule has 7 nitrogen and oxygen atoms in total. The van der Waals surface area contributed by atoms with Crippen LogP contribution in [-0.2, 0) is 25.1 Å². The van der Waals surface area contributed by atoms with Gasteiger partial charge in [0.15, 0.2) is 6.10 Å². The maximum absolute atomic E-state index is 11.8. The quantitative estimate of drug-likeness (QED) is 0.383. The van der Waals surface area contributed by atoms with Crippen molar-refractivity contribution in [1.82, 2.24) is 0 Å². The predicted molar refractivity (Wildman–Crippen MR) is 58.3 cm³/mol. The van der Waals surface area contributed by atoms with E-state index in [0.29, 0.717) is 5.75 Å². The summed E-state index contributed by atoms with van der Waals surface area (Å²) < 4.78 is 22.6. The number of fused-ring (bicyclic) bond motifs is 1. The molecule has 2 fully saturated rings. The van der Waals surface area contributed by atoms with Crippen molar-refractivity contribution in [2.75, 3.05) is 19.0 Å². The van der Waals surface area contributed by atoms with E-state index in [1.807, 2.05) is 0 Å². The largest absolute Gasteiger partial charge is 0.372 e. The first kappa shape index (κ1) is 12.5. The summed E-state index contributed by atoms with van der Waals surface area (Å²) in [5, 5.41) is 9.14. The molecule has 0 bridgehead atoms. The molecule has 8 heteroatoms. The van der Waals surface area contributed by atoms with E-state index in [4.69, 9.17) is 9.47 Å². The molecule has 2 aliphatic rings. The Morgan fingerprint density at radius 3 is 2.82 bits per heavy atom. The summed E-state index contributed by atoms with van der Waals surface area (Å²) in [6, 6.07) is 0. The van der Waals surface area contributed by atoms with Crippen molar-refractivity contribution in [1.29, 1.82) is 0 Å². The predicted octanol–water partition coefficient (Wildman–Crippen LogP) is -0.336. The van der Waals surface area contributed by atoms with Gasteiger partial charge < -0.3 is 14.3 Å². The molecule has 2 heterocycles. The van der Waals surface area contributed by atoms with E-state index in [2.05, 4.69) is 11.4 Å². The smallest absolute Gasteiger partial charge is 0.294 e. The summed E-state index contributed by atoms with van der Waals surface area (Å²) in [4.78, 5) is 14.7. The number of rotatable bonds is 5. The van der Waals surface area contributed by atoms with Crippen LogP contribution < -0.4 is 0 Å². The fourth-order valence-corrected chi connectivity index (χ4v) is 3.34. The lowest BCUT2D eigenvalue weighted by Gasteiger charge is -2.14. The Labute approximate surface area is 100 Å². The molecule has 0 N–H and O–H groups in total. The molecule has 0 aliphatic carbocycles. The van der Waals surface area contributed by atoms with Gasteiger partial charge in [0.2, 0.25) is 0 Å². The number of hydrogen-bond acceptors (Lipinski definition) is 6. The molecule has 5 atom stereocenters. The van der Waals surface area contributed by atoms with Gasteiger partial charge in [-0.15, -0.1) is 16.7 Å². The van der Waals surface area contributed by atoms with Crippen LogP contribution in [-0.4, -0.2) is 51.8 Å². The minimum atomic E-state index is -1.13. The molecule has 2 saturated heterocycles. The van der Waals surface area contributed by atoms with Crippen molar-refractivity contribution < 1.29 is 23.6 Å². The minimum absolute atomic E-state index is 0.0953. The van der Waals surface area contributed by atoms with Crippen LogP contribution in [0.5, 0.6) is 0 Å². The third kappa shape index (κ3) is 2.48. The lowest BCUT2D eigenvalue weighted by Crippen LogP contribution is -2.36. The molecular formula is C9H13NO6S. The Bertz CT molecular complexity index is 348. The topological polar surface area (TPSA) is 87.9 Å². The van der Waals surface area contributed by atoms with E-state index in [1.165, 1.54) is 0 Å². The van der Waals surface area contributed by atoms with E-state index in [-0.39, 0.29) is 24.6 Å². The first-order valence-corrected chi connectivity index (χ1v) is 6.54.